The molecule has 0 radical (unpaired) electrons. The van der Waals surface area contributed by atoms with E-state index in [0.717, 1.165) is 6.07 Å². The van der Waals surface area contributed by atoms with Gasteiger partial charge in [-0.05, 0) is 77.7 Å². The average molecular weight is 619 g/mol. The highest BCUT2D eigenvalue weighted by Crippen LogP contribution is 2.35. The van der Waals surface area contributed by atoms with Crippen LogP contribution < -0.4 is 10.1 Å². The lowest BCUT2D eigenvalue weighted by Gasteiger charge is -2.30. The number of fused-ring (bicyclic) bond motifs is 1. The molecule has 0 saturated heterocycles. The Morgan fingerprint density at radius 1 is 0.952 bits per heavy atom. The number of amides is 1. The van der Waals surface area contributed by atoms with E-state index in [1.165, 1.54) is 22.5 Å². The van der Waals surface area contributed by atoms with Gasteiger partial charge in [0.05, 0.1) is 27.6 Å². The van der Waals surface area contributed by atoms with Crippen LogP contribution in [0.1, 0.15) is 22.3 Å². The van der Waals surface area contributed by atoms with Crippen molar-refractivity contribution in [2.24, 2.45) is 0 Å². The molecule has 4 aromatic carbocycles. The van der Waals surface area contributed by atoms with Crippen molar-refractivity contribution in [3.05, 3.63) is 118 Å². The molecule has 1 heterocycles. The van der Waals surface area contributed by atoms with Gasteiger partial charge >= 0.3 is 6.18 Å². The minimum Gasteiger partial charge on any atom is -0.457 e. The van der Waals surface area contributed by atoms with Crippen molar-refractivity contribution in [3.8, 4) is 11.5 Å². The summed E-state index contributed by atoms with van der Waals surface area (Å²) in [6, 6.07) is 20.7. The fraction of sp³-hybridized carbons (Fsp3) is 0.167. The number of alkyl halides is 3. The minimum absolute atomic E-state index is 0.0318. The number of carbonyl (C=O) groups excluding carboxylic acids is 1. The summed E-state index contributed by atoms with van der Waals surface area (Å²) in [6.45, 7) is 0.148. The number of carbonyl (C=O) groups is 1. The summed E-state index contributed by atoms with van der Waals surface area (Å²) in [5.74, 6) is -0.980. The lowest BCUT2D eigenvalue weighted by Crippen LogP contribution is -2.36. The van der Waals surface area contributed by atoms with Gasteiger partial charge in [-0.25, -0.2) is 12.8 Å². The Morgan fingerprint density at radius 3 is 2.31 bits per heavy atom. The largest absolute Gasteiger partial charge is 0.457 e. The summed E-state index contributed by atoms with van der Waals surface area (Å²) in [4.78, 5) is 12.8. The predicted octanol–water partition coefficient (Wildman–Crippen LogP) is 7.22. The summed E-state index contributed by atoms with van der Waals surface area (Å²) in [7, 11) is -3.86. The second kappa shape index (κ2) is 11.7. The Hall–Kier alpha value is -3.93. The molecular weight excluding hydrogens is 596 g/mol. The van der Waals surface area contributed by atoms with Crippen LogP contribution in [-0.4, -0.2) is 25.2 Å². The van der Waals surface area contributed by atoms with Gasteiger partial charge < -0.3 is 10.1 Å². The van der Waals surface area contributed by atoms with Gasteiger partial charge in [0.1, 0.15) is 17.3 Å². The highest BCUT2D eigenvalue weighted by Gasteiger charge is 2.34. The molecule has 6 nitrogen and oxygen atoms in total. The summed E-state index contributed by atoms with van der Waals surface area (Å²) in [6.07, 6.45) is -4.99. The van der Waals surface area contributed by atoms with Crippen LogP contribution in [0.15, 0.2) is 89.8 Å². The van der Waals surface area contributed by atoms with E-state index >= 15 is 0 Å². The highest BCUT2D eigenvalue weighted by atomic mass is 35.5. The maximum absolute atomic E-state index is 13.9. The number of ether oxygens (including phenoxy) is 1. The van der Waals surface area contributed by atoms with Gasteiger partial charge in [-0.3, -0.25) is 4.79 Å². The number of halogens is 5. The maximum atomic E-state index is 13.9. The van der Waals surface area contributed by atoms with Crippen molar-refractivity contribution in [2.75, 3.05) is 11.9 Å². The molecule has 0 unspecified atom stereocenters. The van der Waals surface area contributed by atoms with E-state index in [-0.39, 0.29) is 47.1 Å². The highest BCUT2D eigenvalue weighted by molar-refractivity contribution is 7.89. The first kappa shape index (κ1) is 29.6. The second-order valence-corrected chi connectivity index (χ2v) is 11.9. The molecule has 218 valence electrons. The van der Waals surface area contributed by atoms with Crippen LogP contribution in [0.4, 0.5) is 23.2 Å². The van der Waals surface area contributed by atoms with E-state index in [0.29, 0.717) is 34.8 Å². The Kier molecular flexibility index (Phi) is 8.27. The van der Waals surface area contributed by atoms with Crippen molar-refractivity contribution in [3.63, 3.8) is 0 Å². The van der Waals surface area contributed by atoms with E-state index in [4.69, 9.17) is 16.3 Å². The standard InChI is InChI=1S/C30H23ClF4N2O4S/c31-26-13-7-20-18-37(42(39,40)23-10-8-22(9-11-23)41-21-4-2-1-3-5-21)15-14-24(20)29(26)36-28(38)17-19-6-12-25(27(32)16-19)30(33,34)35/h1-13,16H,14-15,17-18H2,(H,36,38). The normalized spacial score (nSPS) is 13.8. The molecule has 0 bridgehead atoms. The third-order valence-electron chi connectivity index (χ3n) is 6.73. The average Bonchev–Trinajstić information content (AvgIpc) is 2.94. The second-order valence-electron chi connectivity index (χ2n) is 9.57. The van der Waals surface area contributed by atoms with Crippen molar-refractivity contribution in [1.82, 2.24) is 4.31 Å². The predicted molar refractivity (Wildman–Crippen MR) is 149 cm³/mol. The summed E-state index contributed by atoms with van der Waals surface area (Å²) < 4.78 is 86.3. The number of anilines is 1. The number of hydrogen-bond donors (Lipinski definition) is 1. The fourth-order valence-corrected chi connectivity index (χ4v) is 6.31. The molecule has 1 N–H and O–H groups in total. The molecule has 0 saturated carbocycles. The number of nitrogens with one attached hydrogen (secondary N) is 1. The lowest BCUT2D eigenvalue weighted by molar-refractivity contribution is -0.140. The molecule has 0 atom stereocenters. The Labute approximate surface area is 244 Å². The zero-order valence-electron chi connectivity index (χ0n) is 21.8. The smallest absolute Gasteiger partial charge is 0.419 e. The van der Waals surface area contributed by atoms with E-state index in [1.807, 2.05) is 18.2 Å². The molecule has 0 aromatic heterocycles. The molecule has 0 fully saturated rings. The first-order valence-corrected chi connectivity index (χ1v) is 14.5. The molecule has 1 aliphatic heterocycles. The van der Waals surface area contributed by atoms with Gasteiger partial charge in [0, 0.05) is 13.1 Å². The summed E-state index contributed by atoms with van der Waals surface area (Å²) >= 11 is 6.36. The van der Waals surface area contributed by atoms with Crippen LogP contribution in [0.25, 0.3) is 0 Å². The lowest BCUT2D eigenvalue weighted by atomic mass is 9.98. The van der Waals surface area contributed by atoms with E-state index < -0.39 is 33.5 Å². The van der Waals surface area contributed by atoms with Crippen molar-refractivity contribution >= 4 is 33.2 Å². The molecule has 5 rings (SSSR count). The zero-order chi connectivity index (χ0) is 30.1. The fourth-order valence-electron chi connectivity index (χ4n) is 4.66. The van der Waals surface area contributed by atoms with Gasteiger partial charge in [-0.2, -0.15) is 17.5 Å². The van der Waals surface area contributed by atoms with Crippen LogP contribution in [-0.2, 0) is 40.4 Å². The molecule has 0 aliphatic carbocycles. The number of sulfonamides is 1. The zero-order valence-corrected chi connectivity index (χ0v) is 23.4. The number of rotatable bonds is 7. The number of nitrogens with zero attached hydrogens (tertiary/aromatic N) is 1. The number of para-hydroxylation sites is 1. The number of hydrogen-bond acceptors (Lipinski definition) is 4. The third-order valence-corrected chi connectivity index (χ3v) is 8.90. The quantitative estimate of drug-likeness (QED) is 0.222. The molecule has 42 heavy (non-hydrogen) atoms. The molecular formula is C30H23ClF4N2O4S. The van der Waals surface area contributed by atoms with Gasteiger partial charge in [-0.15, -0.1) is 0 Å². The van der Waals surface area contributed by atoms with Crippen LogP contribution in [0.5, 0.6) is 11.5 Å². The van der Waals surface area contributed by atoms with Gasteiger partial charge in [0.2, 0.25) is 15.9 Å². The molecule has 12 heteroatoms. The minimum atomic E-state index is -4.84. The molecule has 4 aromatic rings. The molecule has 1 amide bonds. The van der Waals surface area contributed by atoms with Gasteiger partial charge in [-0.1, -0.05) is 41.9 Å². The molecule has 1 aliphatic rings. The van der Waals surface area contributed by atoms with Crippen molar-refractivity contribution in [1.29, 1.82) is 0 Å². The van der Waals surface area contributed by atoms with Crippen molar-refractivity contribution in [2.45, 2.75) is 30.5 Å². The van der Waals surface area contributed by atoms with Crippen LogP contribution in [0, 0.1) is 5.82 Å². The Balaban J connectivity index is 1.29. The first-order chi connectivity index (χ1) is 19.9. The Morgan fingerprint density at radius 2 is 1.64 bits per heavy atom. The van der Waals surface area contributed by atoms with Gasteiger partial charge in [0.25, 0.3) is 0 Å². The Bertz CT molecular complexity index is 1730. The van der Waals surface area contributed by atoms with Crippen molar-refractivity contribution < 1.29 is 35.5 Å². The summed E-state index contributed by atoms with van der Waals surface area (Å²) in [5.41, 5.74) is 0.201. The van der Waals surface area contributed by atoms with E-state index in [2.05, 4.69) is 5.32 Å². The number of benzene rings is 4. The van der Waals surface area contributed by atoms with E-state index in [1.54, 1.807) is 30.3 Å². The summed E-state index contributed by atoms with van der Waals surface area (Å²) in [5, 5.41) is 2.88. The SMILES string of the molecule is O=C(Cc1ccc(C(F)(F)F)c(F)c1)Nc1c(Cl)ccc2c1CCN(S(=O)(=O)c1ccc(Oc3ccccc3)cc1)C2. The maximum Gasteiger partial charge on any atom is 0.419 e. The third kappa shape index (κ3) is 6.43. The van der Waals surface area contributed by atoms with Crippen LogP contribution in [0.3, 0.4) is 0 Å². The molecule has 0 spiro atoms. The topological polar surface area (TPSA) is 75.7 Å². The van der Waals surface area contributed by atoms with Gasteiger partial charge in [0.15, 0.2) is 0 Å². The van der Waals surface area contributed by atoms with Crippen LogP contribution >= 0.6 is 11.6 Å². The first-order valence-electron chi connectivity index (χ1n) is 12.7. The monoisotopic (exact) mass is 618 g/mol. The van der Waals surface area contributed by atoms with Crippen LogP contribution in [0.2, 0.25) is 5.02 Å². The van der Waals surface area contributed by atoms with E-state index in [9.17, 15) is 30.8 Å².